The van der Waals surface area contributed by atoms with Crippen molar-refractivity contribution in [3.63, 3.8) is 0 Å². The molecule has 10 atom stereocenters. The zero-order valence-electron chi connectivity index (χ0n) is 34.6. The minimum Gasteiger partial charge on any atom is -0.490 e. The maximum absolute atomic E-state index is 11.5. The Kier molecular flexibility index (Phi) is 16.6. The molecule has 2 aliphatic rings. The van der Waals surface area contributed by atoms with Gasteiger partial charge in [0, 0.05) is 11.1 Å². The van der Waals surface area contributed by atoms with E-state index in [0.717, 1.165) is 48.8 Å². The average Bonchev–Trinajstić information content (AvgIpc) is 3.27. The molecule has 4 aromatic carbocycles. The van der Waals surface area contributed by atoms with Crippen LogP contribution in [-0.4, -0.2) is 144 Å². The van der Waals surface area contributed by atoms with Gasteiger partial charge in [-0.25, -0.2) is 0 Å². The number of rotatable bonds is 20. The number of ether oxygens (including phenoxy) is 4. The second kappa shape index (κ2) is 22.1. The van der Waals surface area contributed by atoms with Gasteiger partial charge in [0.25, 0.3) is 0 Å². The number of benzene rings is 4. The quantitative estimate of drug-likeness (QED) is 0.0569. The fourth-order valence-corrected chi connectivity index (χ4v) is 7.98. The highest BCUT2D eigenvalue weighted by Crippen LogP contribution is 2.36. The predicted octanol–water partition coefficient (Wildman–Crippen LogP) is 2.02. The molecule has 0 aliphatic carbocycles. The van der Waals surface area contributed by atoms with Crippen LogP contribution in [0.15, 0.2) is 84.9 Å². The van der Waals surface area contributed by atoms with Gasteiger partial charge in [-0.2, -0.15) is 0 Å². The van der Waals surface area contributed by atoms with Crippen LogP contribution < -0.4 is 9.47 Å². The largest absolute Gasteiger partial charge is 0.490 e. The maximum Gasteiger partial charge on any atom is 0.307 e. The molecule has 6 rings (SSSR count). The van der Waals surface area contributed by atoms with Crippen molar-refractivity contribution in [1.29, 1.82) is 0 Å². The summed E-state index contributed by atoms with van der Waals surface area (Å²) in [6, 6.07) is 25.3. The number of aryl methyl sites for hydroxylation is 2. The molecule has 16 heteroatoms. The third-order valence-corrected chi connectivity index (χ3v) is 11.4. The summed E-state index contributed by atoms with van der Waals surface area (Å²) >= 11 is 0. The highest BCUT2D eigenvalue weighted by atomic mass is 16.7. The Morgan fingerprint density at radius 1 is 0.508 bits per heavy atom. The van der Waals surface area contributed by atoms with E-state index in [9.17, 15) is 60.7 Å². The lowest BCUT2D eigenvalue weighted by molar-refractivity contribution is -0.277. The smallest absolute Gasteiger partial charge is 0.307 e. The Morgan fingerprint density at radius 2 is 0.984 bits per heavy atom. The summed E-state index contributed by atoms with van der Waals surface area (Å²) in [6.45, 7) is -1.38. The van der Waals surface area contributed by atoms with Gasteiger partial charge < -0.3 is 70.0 Å². The molecule has 0 aromatic heterocycles. The number of aliphatic hydroxyl groups is 8. The van der Waals surface area contributed by atoms with Crippen molar-refractivity contribution in [3.8, 4) is 33.8 Å². The molecule has 0 spiro atoms. The molecule has 4 aromatic rings. The highest BCUT2D eigenvalue weighted by molar-refractivity contribution is 5.76. The first-order valence-corrected chi connectivity index (χ1v) is 21.0. The van der Waals surface area contributed by atoms with E-state index < -0.39 is 86.4 Å². The zero-order valence-corrected chi connectivity index (χ0v) is 34.6. The number of hydrogen-bond donors (Lipinski definition) is 10. The van der Waals surface area contributed by atoms with E-state index in [-0.39, 0.29) is 25.2 Å². The third-order valence-electron chi connectivity index (χ3n) is 11.4. The summed E-state index contributed by atoms with van der Waals surface area (Å²) in [7, 11) is 0. The Bertz CT molecular complexity index is 2140. The van der Waals surface area contributed by atoms with Crippen LogP contribution in [0.1, 0.15) is 47.9 Å². The molecule has 0 bridgehead atoms. The number of aliphatic hydroxyl groups excluding tert-OH is 8. The van der Waals surface area contributed by atoms with Gasteiger partial charge in [0.1, 0.15) is 73.0 Å². The predicted molar refractivity (Wildman–Crippen MR) is 226 cm³/mol. The Balaban J connectivity index is 1.11. The highest BCUT2D eigenvalue weighted by Gasteiger charge is 2.45. The summed E-state index contributed by atoms with van der Waals surface area (Å²) in [6.07, 6.45) is -9.41. The molecule has 2 fully saturated rings. The van der Waals surface area contributed by atoms with E-state index in [1.807, 2.05) is 36.4 Å². The summed E-state index contributed by atoms with van der Waals surface area (Å²) in [5, 5.41) is 100. The number of aliphatic carboxylic acids is 2. The average molecular weight is 877 g/mol. The Labute approximate surface area is 364 Å². The molecule has 10 N–H and O–H groups in total. The van der Waals surface area contributed by atoms with Gasteiger partial charge in [0.05, 0.1) is 26.1 Å². The molecule has 2 heterocycles. The van der Waals surface area contributed by atoms with E-state index in [1.54, 1.807) is 48.5 Å². The topological polar surface area (TPSA) is 273 Å². The first kappa shape index (κ1) is 47.5. The fraction of sp³-hybridized carbons (Fsp3) is 0.447. The van der Waals surface area contributed by atoms with Gasteiger partial charge >= 0.3 is 11.9 Å². The van der Waals surface area contributed by atoms with Crippen molar-refractivity contribution in [2.75, 3.05) is 19.8 Å². The van der Waals surface area contributed by atoms with Gasteiger partial charge in [0.2, 0.25) is 6.29 Å². The summed E-state index contributed by atoms with van der Waals surface area (Å²) < 4.78 is 23.4. The van der Waals surface area contributed by atoms with Crippen LogP contribution in [0.2, 0.25) is 0 Å². The molecule has 0 saturated carbocycles. The van der Waals surface area contributed by atoms with Gasteiger partial charge in [-0.3, -0.25) is 9.59 Å². The fourth-order valence-electron chi connectivity index (χ4n) is 7.98. The normalized spacial score (nSPS) is 26.0. The van der Waals surface area contributed by atoms with Crippen LogP contribution in [0.3, 0.4) is 0 Å². The van der Waals surface area contributed by atoms with E-state index in [2.05, 4.69) is 0 Å². The SMILES string of the molecule is O=C(O)Cc1cccc(-c2cc(CCCCCCc3ccc(O[C@H]4O[C@H](CO)[C@@H](O)[C@H](O)[C@@H]4O)c(-c4cccc(CC(=O)O)c4)c3)ccc2OC[C@H]2O[C@H](CO)[C@@H](O)[C@H](O)[C@@H]2O)c1. The van der Waals surface area contributed by atoms with Crippen LogP contribution in [0.25, 0.3) is 22.3 Å². The summed E-state index contributed by atoms with van der Waals surface area (Å²) in [4.78, 5) is 23.0. The molecular weight excluding hydrogens is 821 g/mol. The molecule has 0 amide bonds. The van der Waals surface area contributed by atoms with Crippen LogP contribution in [0.4, 0.5) is 0 Å². The lowest BCUT2D eigenvalue weighted by atomic mass is 9.95. The minimum absolute atomic E-state index is 0.171. The molecule has 63 heavy (non-hydrogen) atoms. The van der Waals surface area contributed by atoms with Crippen molar-refractivity contribution in [2.45, 2.75) is 113 Å². The summed E-state index contributed by atoms with van der Waals surface area (Å²) in [5.41, 5.74) is 5.82. The monoisotopic (exact) mass is 876 g/mol. The standard InChI is InChI=1S/C47H56O16/c48-23-36-41(54)44(57)43(56)38(61-36)25-60-34-15-13-26(19-32(34)30-11-5-9-28(17-30)21-39(50)51)7-3-1-2-4-8-27-14-16-35(62-47-46(59)45(58)42(55)37(24-49)63-47)33(20-27)31-12-6-10-29(18-31)22-40(52)53/h5-6,9-20,36-38,41-49,54-59H,1-4,7-8,21-25H2,(H,50,51)(H,52,53)/t36-,37-,38-,41-,42-,43-,44+,45+,46+,47+/m1/s1. The van der Waals surface area contributed by atoms with Gasteiger partial charge in [-0.1, -0.05) is 73.5 Å². The molecule has 0 radical (unpaired) electrons. The number of carboxylic acid groups (broad SMARTS) is 2. The third kappa shape index (κ3) is 12.2. The minimum atomic E-state index is -1.63. The lowest BCUT2D eigenvalue weighted by Gasteiger charge is -2.39. The van der Waals surface area contributed by atoms with Crippen LogP contribution in [-0.2, 0) is 44.7 Å². The van der Waals surface area contributed by atoms with Crippen molar-refractivity contribution in [1.82, 2.24) is 0 Å². The van der Waals surface area contributed by atoms with Crippen molar-refractivity contribution in [2.24, 2.45) is 0 Å². The molecule has 340 valence electrons. The van der Waals surface area contributed by atoms with Crippen molar-refractivity contribution in [3.05, 3.63) is 107 Å². The lowest BCUT2D eigenvalue weighted by Crippen LogP contribution is -2.60. The van der Waals surface area contributed by atoms with Gasteiger partial charge in [0.15, 0.2) is 0 Å². The zero-order chi connectivity index (χ0) is 45.2. The van der Waals surface area contributed by atoms with E-state index in [1.165, 1.54) is 0 Å². The van der Waals surface area contributed by atoms with Crippen LogP contribution >= 0.6 is 0 Å². The van der Waals surface area contributed by atoms with Crippen LogP contribution in [0.5, 0.6) is 11.5 Å². The molecule has 16 nitrogen and oxygen atoms in total. The summed E-state index contributed by atoms with van der Waals surface area (Å²) in [5.74, 6) is -1.24. The molecule has 2 saturated heterocycles. The second-order valence-electron chi connectivity index (χ2n) is 16.1. The number of unbranched alkanes of at least 4 members (excludes halogenated alkanes) is 3. The van der Waals surface area contributed by atoms with Crippen LogP contribution in [0, 0.1) is 0 Å². The van der Waals surface area contributed by atoms with E-state index in [4.69, 9.17) is 18.9 Å². The van der Waals surface area contributed by atoms with Crippen molar-refractivity contribution < 1.29 is 79.6 Å². The second-order valence-corrected chi connectivity index (χ2v) is 16.1. The number of carboxylic acids is 2. The number of hydrogen-bond acceptors (Lipinski definition) is 14. The Morgan fingerprint density at radius 3 is 1.51 bits per heavy atom. The van der Waals surface area contributed by atoms with E-state index in [0.29, 0.717) is 40.0 Å². The Hall–Kier alpha value is -4.98. The first-order valence-electron chi connectivity index (χ1n) is 21.0. The van der Waals surface area contributed by atoms with Gasteiger partial charge in [-0.15, -0.1) is 0 Å². The van der Waals surface area contributed by atoms with Gasteiger partial charge in [-0.05, 0) is 83.3 Å². The molecular formula is C47H56O16. The van der Waals surface area contributed by atoms with E-state index >= 15 is 0 Å². The number of carbonyl (C=O) groups is 2. The molecule has 0 unspecified atom stereocenters. The molecule has 2 aliphatic heterocycles. The van der Waals surface area contributed by atoms with Crippen molar-refractivity contribution >= 4 is 11.9 Å². The maximum atomic E-state index is 11.5. The first-order chi connectivity index (χ1) is 30.3.